The molecule has 0 saturated heterocycles. The lowest BCUT2D eigenvalue weighted by molar-refractivity contribution is -0.141. The van der Waals surface area contributed by atoms with E-state index in [9.17, 15) is 14.7 Å². The molecule has 3 unspecified atom stereocenters. The van der Waals surface area contributed by atoms with Crippen molar-refractivity contribution in [2.75, 3.05) is 13.1 Å². The number of carbonyl (C=O) groups is 2. The zero-order chi connectivity index (χ0) is 26.0. The number of unbranched alkanes of at least 4 members (excludes halogenated alkanes) is 14. The van der Waals surface area contributed by atoms with Gasteiger partial charge in [-0.25, -0.2) is 0 Å². The molecule has 0 aliphatic rings. The van der Waals surface area contributed by atoms with Crippen LogP contribution in [0.25, 0.3) is 0 Å². The van der Waals surface area contributed by atoms with Crippen molar-refractivity contribution in [3.63, 3.8) is 0 Å². The first-order valence-electron chi connectivity index (χ1n) is 13.6. The van der Waals surface area contributed by atoms with E-state index in [0.29, 0.717) is 13.0 Å². The topological polar surface area (TPSA) is 159 Å². The van der Waals surface area contributed by atoms with Gasteiger partial charge in [-0.2, -0.15) is 0 Å². The van der Waals surface area contributed by atoms with E-state index in [2.05, 4.69) is 12.2 Å². The lowest BCUT2D eigenvalue weighted by atomic mass is 10.0. The quantitative estimate of drug-likeness (QED) is 0.115. The minimum Gasteiger partial charge on any atom is -0.480 e. The second-order valence-corrected chi connectivity index (χ2v) is 9.33. The van der Waals surface area contributed by atoms with Gasteiger partial charge in [-0.3, -0.25) is 9.59 Å². The molecule has 0 radical (unpaired) electrons. The molecule has 0 aromatic heterocycles. The summed E-state index contributed by atoms with van der Waals surface area (Å²) in [5.74, 6) is -1.91. The van der Waals surface area contributed by atoms with E-state index in [1.54, 1.807) is 0 Å². The van der Waals surface area contributed by atoms with Crippen LogP contribution in [0.5, 0.6) is 0 Å². The summed E-state index contributed by atoms with van der Waals surface area (Å²) in [5, 5.41) is 28.9. The number of nitrogens with one attached hydrogen (secondary N) is 1. The van der Waals surface area contributed by atoms with Gasteiger partial charge >= 0.3 is 11.9 Å². The summed E-state index contributed by atoms with van der Waals surface area (Å²) in [6, 6.07) is -1.56. The third kappa shape index (κ3) is 25.4. The molecule has 3 atom stereocenters. The molecule has 0 aliphatic heterocycles. The third-order valence-corrected chi connectivity index (χ3v) is 5.97. The predicted molar refractivity (Wildman–Crippen MR) is 140 cm³/mol. The van der Waals surface area contributed by atoms with E-state index in [1.165, 1.54) is 90.4 Å². The summed E-state index contributed by atoms with van der Waals surface area (Å²) in [4.78, 5) is 21.0. The Balaban J connectivity index is 0. The number of aliphatic carboxylic acids is 2. The Kier molecular flexibility index (Phi) is 27.1. The smallest absolute Gasteiger partial charge is 0.323 e. The van der Waals surface area contributed by atoms with Crippen LogP contribution in [0.15, 0.2) is 0 Å². The van der Waals surface area contributed by atoms with E-state index in [0.717, 1.165) is 25.8 Å². The van der Waals surface area contributed by atoms with Crippen LogP contribution in [0.3, 0.4) is 0 Å². The number of rotatable bonds is 23. The van der Waals surface area contributed by atoms with Gasteiger partial charge in [0.15, 0.2) is 0 Å². The van der Waals surface area contributed by atoms with E-state index in [-0.39, 0.29) is 0 Å². The van der Waals surface area contributed by atoms with Crippen molar-refractivity contribution in [2.24, 2.45) is 11.5 Å². The number of hydrogen-bond acceptors (Lipinski definition) is 6. The van der Waals surface area contributed by atoms with Gasteiger partial charge in [0, 0.05) is 0 Å². The molecule has 0 heterocycles. The molecule has 0 aliphatic carbocycles. The zero-order valence-corrected chi connectivity index (χ0v) is 22.0. The van der Waals surface area contributed by atoms with Crippen LogP contribution in [-0.4, -0.2) is 58.5 Å². The van der Waals surface area contributed by atoms with Gasteiger partial charge in [-0.15, -0.1) is 0 Å². The normalized spacial score (nSPS) is 13.6. The molecule has 8 heteroatoms. The molecule has 0 spiro atoms. The van der Waals surface area contributed by atoms with Crippen molar-refractivity contribution in [2.45, 2.75) is 141 Å². The number of aliphatic hydroxyl groups excluding tert-OH is 1. The lowest BCUT2D eigenvalue weighted by Gasteiger charge is -2.14. The maximum absolute atomic E-state index is 11.2. The Labute approximate surface area is 208 Å². The van der Waals surface area contributed by atoms with Gasteiger partial charge in [-0.05, 0) is 39.3 Å². The molecule has 8 N–H and O–H groups in total. The third-order valence-electron chi connectivity index (χ3n) is 5.97. The minimum atomic E-state index is -1.18. The van der Waals surface area contributed by atoms with E-state index < -0.39 is 30.1 Å². The first kappa shape index (κ1) is 34.9. The number of carboxylic acids is 2. The van der Waals surface area contributed by atoms with Crippen LogP contribution >= 0.6 is 0 Å². The zero-order valence-electron chi connectivity index (χ0n) is 22.0. The standard InChI is InChI=1S/C22H46N2O2.C4H9NO3/c1-2-3-4-5-6-7-8-9-10-11-12-13-14-17-20-24-21(22(25)26)18-15-16-19-23;1-2(6)3(5)4(7)8/h21,24H,2-20,23H2,1H3,(H,25,26);2-3,6H,5H2,1H3,(H,7,8). The highest BCUT2D eigenvalue weighted by Gasteiger charge is 2.16. The highest BCUT2D eigenvalue weighted by Crippen LogP contribution is 2.13. The Morgan fingerprint density at radius 3 is 1.50 bits per heavy atom. The van der Waals surface area contributed by atoms with Gasteiger partial charge < -0.3 is 32.1 Å². The molecule has 0 rings (SSSR count). The van der Waals surface area contributed by atoms with Gasteiger partial charge in [0.25, 0.3) is 0 Å². The molecule has 0 saturated carbocycles. The fourth-order valence-electron chi connectivity index (χ4n) is 3.61. The first-order valence-corrected chi connectivity index (χ1v) is 13.6. The molecule has 0 fully saturated rings. The summed E-state index contributed by atoms with van der Waals surface area (Å²) in [7, 11) is 0. The van der Waals surface area contributed by atoms with Crippen LogP contribution in [-0.2, 0) is 9.59 Å². The van der Waals surface area contributed by atoms with Crippen molar-refractivity contribution in [1.29, 1.82) is 0 Å². The summed E-state index contributed by atoms with van der Waals surface area (Å²) in [6.07, 6.45) is 20.4. The highest BCUT2D eigenvalue weighted by atomic mass is 16.4. The molecular formula is C26H55N3O5. The van der Waals surface area contributed by atoms with Crippen molar-refractivity contribution < 1.29 is 24.9 Å². The van der Waals surface area contributed by atoms with Crippen LogP contribution < -0.4 is 16.8 Å². The van der Waals surface area contributed by atoms with Crippen molar-refractivity contribution in [3.05, 3.63) is 0 Å². The molecule has 34 heavy (non-hydrogen) atoms. The van der Waals surface area contributed by atoms with Crippen molar-refractivity contribution in [3.8, 4) is 0 Å². The van der Waals surface area contributed by atoms with Gasteiger partial charge in [-0.1, -0.05) is 96.8 Å². The van der Waals surface area contributed by atoms with E-state index in [1.807, 2.05) is 0 Å². The van der Waals surface area contributed by atoms with Crippen LogP contribution in [0.2, 0.25) is 0 Å². The Morgan fingerprint density at radius 1 is 0.735 bits per heavy atom. The molecule has 0 bridgehead atoms. The van der Waals surface area contributed by atoms with Gasteiger partial charge in [0.1, 0.15) is 12.1 Å². The predicted octanol–water partition coefficient (Wildman–Crippen LogP) is 4.42. The van der Waals surface area contributed by atoms with Crippen LogP contribution in [0, 0.1) is 0 Å². The first-order chi connectivity index (χ1) is 16.3. The SMILES string of the molecule is CC(O)C(N)C(=O)O.CCCCCCCCCCCCCCCCNC(CCCCN)C(=O)O. The average Bonchev–Trinajstić information content (AvgIpc) is 2.80. The molecule has 0 aromatic rings. The number of aliphatic hydroxyl groups is 1. The molecule has 8 nitrogen and oxygen atoms in total. The average molecular weight is 490 g/mol. The monoisotopic (exact) mass is 489 g/mol. The summed E-state index contributed by atoms with van der Waals surface area (Å²) in [6.45, 7) is 5.07. The van der Waals surface area contributed by atoms with Crippen molar-refractivity contribution >= 4 is 11.9 Å². The molecule has 0 aromatic carbocycles. The van der Waals surface area contributed by atoms with Gasteiger partial charge in [0.05, 0.1) is 6.10 Å². The maximum Gasteiger partial charge on any atom is 0.323 e. The number of carboxylic acid groups (broad SMARTS) is 2. The van der Waals surface area contributed by atoms with Crippen LogP contribution in [0.4, 0.5) is 0 Å². The summed E-state index contributed by atoms with van der Waals surface area (Å²) < 4.78 is 0. The number of nitrogens with two attached hydrogens (primary N) is 2. The second kappa shape index (κ2) is 26.4. The Hall–Kier alpha value is -1.22. The summed E-state index contributed by atoms with van der Waals surface area (Å²) in [5.41, 5.74) is 10.4. The molecular weight excluding hydrogens is 434 g/mol. The van der Waals surface area contributed by atoms with Gasteiger partial charge in [0.2, 0.25) is 0 Å². The van der Waals surface area contributed by atoms with Crippen LogP contribution in [0.1, 0.15) is 123 Å². The molecule has 0 amide bonds. The fourth-order valence-corrected chi connectivity index (χ4v) is 3.61. The lowest BCUT2D eigenvalue weighted by Crippen LogP contribution is -2.39. The second-order valence-electron chi connectivity index (χ2n) is 9.33. The fraction of sp³-hybridized carbons (Fsp3) is 0.923. The summed E-state index contributed by atoms with van der Waals surface area (Å²) >= 11 is 0. The maximum atomic E-state index is 11.2. The largest absolute Gasteiger partial charge is 0.480 e. The Bertz CT molecular complexity index is 464. The number of hydrogen-bond donors (Lipinski definition) is 6. The van der Waals surface area contributed by atoms with Crippen molar-refractivity contribution in [1.82, 2.24) is 5.32 Å². The van der Waals surface area contributed by atoms with E-state index >= 15 is 0 Å². The molecule has 204 valence electrons. The highest BCUT2D eigenvalue weighted by molar-refractivity contribution is 5.73. The minimum absolute atomic E-state index is 0.400. The van der Waals surface area contributed by atoms with E-state index in [4.69, 9.17) is 21.7 Å². The Morgan fingerprint density at radius 2 is 1.18 bits per heavy atom.